The molecule has 1 aliphatic rings. The Hall–Kier alpha value is -2.81. The molecule has 1 aromatic carbocycles. The van der Waals surface area contributed by atoms with E-state index in [0.29, 0.717) is 0 Å². The van der Waals surface area contributed by atoms with Gasteiger partial charge in [-0.15, -0.1) is 0 Å². The van der Waals surface area contributed by atoms with Gasteiger partial charge in [0.2, 0.25) is 0 Å². The molecular formula is C25H35N7O. The number of aryl methyl sites for hydroxylation is 2. The number of nitrogens with zero attached hydrogens (tertiary/aromatic N) is 5. The van der Waals surface area contributed by atoms with Gasteiger partial charge in [0.15, 0.2) is 5.82 Å². The minimum Gasteiger partial charge on any atom is -0.361 e. The van der Waals surface area contributed by atoms with Crippen LogP contribution in [-0.2, 0) is 6.54 Å². The molecule has 8 nitrogen and oxygen atoms in total. The second kappa shape index (κ2) is 10.4. The third kappa shape index (κ3) is 5.24. The topological polar surface area (TPSA) is 82.3 Å². The predicted octanol–water partition coefficient (Wildman–Crippen LogP) is 2.78. The van der Waals surface area contributed by atoms with Crippen LogP contribution in [0, 0.1) is 20.8 Å². The lowest BCUT2D eigenvalue weighted by Crippen LogP contribution is -2.45. The largest absolute Gasteiger partial charge is 0.361 e. The first kappa shape index (κ1) is 23.4. The maximum Gasteiger partial charge on any atom is 0.162 e. The van der Waals surface area contributed by atoms with Gasteiger partial charge >= 0.3 is 0 Å². The number of rotatable bonds is 8. The van der Waals surface area contributed by atoms with Crippen molar-refractivity contribution in [3.05, 3.63) is 46.8 Å². The van der Waals surface area contributed by atoms with Crippen LogP contribution in [0.2, 0.25) is 0 Å². The van der Waals surface area contributed by atoms with Crippen LogP contribution >= 0.6 is 0 Å². The zero-order valence-electron chi connectivity index (χ0n) is 20.4. The Kier molecular flexibility index (Phi) is 7.37. The number of hydrogen-bond donors (Lipinski definition) is 2. The summed E-state index contributed by atoms with van der Waals surface area (Å²) in [6, 6.07) is 8.49. The van der Waals surface area contributed by atoms with E-state index >= 15 is 0 Å². The van der Waals surface area contributed by atoms with E-state index in [4.69, 9.17) is 14.5 Å². The Balaban J connectivity index is 1.75. The lowest BCUT2D eigenvalue weighted by atomic mass is 10.0. The molecule has 176 valence electrons. The average molecular weight is 450 g/mol. The Labute approximate surface area is 196 Å². The smallest absolute Gasteiger partial charge is 0.162 e. The first-order valence-electron chi connectivity index (χ1n) is 11.7. The van der Waals surface area contributed by atoms with Crippen LogP contribution in [-0.4, -0.2) is 73.4 Å². The van der Waals surface area contributed by atoms with Crippen molar-refractivity contribution >= 4 is 5.82 Å². The molecule has 3 heterocycles. The molecule has 8 heteroatoms. The van der Waals surface area contributed by atoms with Gasteiger partial charge in [0, 0.05) is 56.9 Å². The zero-order chi connectivity index (χ0) is 23.4. The minimum atomic E-state index is 0.738. The molecule has 1 aliphatic heterocycles. The molecule has 0 spiro atoms. The monoisotopic (exact) mass is 449 g/mol. The molecule has 0 aliphatic carbocycles. The van der Waals surface area contributed by atoms with E-state index in [-0.39, 0.29) is 0 Å². The van der Waals surface area contributed by atoms with Crippen LogP contribution < -0.4 is 15.5 Å². The third-order valence-corrected chi connectivity index (χ3v) is 6.26. The molecule has 0 unspecified atom stereocenters. The Bertz CT molecular complexity index is 1070. The molecule has 0 atom stereocenters. The molecule has 2 aromatic heterocycles. The molecule has 2 N–H and O–H groups in total. The third-order valence-electron chi connectivity index (χ3n) is 6.26. The van der Waals surface area contributed by atoms with Gasteiger partial charge < -0.3 is 25.0 Å². The molecule has 0 bridgehead atoms. The van der Waals surface area contributed by atoms with Crippen LogP contribution in [0.3, 0.4) is 0 Å². The van der Waals surface area contributed by atoms with E-state index in [1.807, 2.05) is 20.9 Å². The van der Waals surface area contributed by atoms with E-state index in [9.17, 15) is 0 Å². The Morgan fingerprint density at radius 1 is 1.03 bits per heavy atom. The second-order valence-corrected chi connectivity index (χ2v) is 8.81. The van der Waals surface area contributed by atoms with Crippen molar-refractivity contribution in [1.82, 2.24) is 30.7 Å². The summed E-state index contributed by atoms with van der Waals surface area (Å²) < 4.78 is 5.49. The number of aromatic nitrogens is 3. The second-order valence-electron chi connectivity index (χ2n) is 8.81. The van der Waals surface area contributed by atoms with E-state index < -0.39 is 0 Å². The van der Waals surface area contributed by atoms with Crippen molar-refractivity contribution in [2.45, 2.75) is 27.3 Å². The summed E-state index contributed by atoms with van der Waals surface area (Å²) in [5.41, 5.74) is 6.04. The van der Waals surface area contributed by atoms with Gasteiger partial charge in [0.25, 0.3) is 0 Å². The lowest BCUT2D eigenvalue weighted by Gasteiger charge is -2.34. The van der Waals surface area contributed by atoms with Gasteiger partial charge in [-0.1, -0.05) is 23.4 Å². The highest BCUT2D eigenvalue weighted by molar-refractivity contribution is 5.75. The van der Waals surface area contributed by atoms with Gasteiger partial charge in [-0.05, 0) is 46.5 Å². The molecule has 0 amide bonds. The Morgan fingerprint density at radius 3 is 2.52 bits per heavy atom. The normalized spacial score (nSPS) is 14.8. The highest BCUT2D eigenvalue weighted by Crippen LogP contribution is 2.34. The fourth-order valence-electron chi connectivity index (χ4n) is 4.29. The SMILES string of the molecule is CNCCNCc1cccc(-c2nc(-c3c(C)noc3C)c(C)c(N3CCN(C)CC3)n2)c1. The first-order valence-corrected chi connectivity index (χ1v) is 11.7. The van der Waals surface area contributed by atoms with Crippen molar-refractivity contribution in [3.8, 4) is 22.6 Å². The molecule has 1 fully saturated rings. The maximum absolute atomic E-state index is 5.49. The zero-order valence-corrected chi connectivity index (χ0v) is 20.4. The molecular weight excluding hydrogens is 414 g/mol. The standard InChI is InChI=1S/C25H35N7O/c1-17-23(22-18(2)30-33-19(22)3)28-24(29-25(17)32-13-11-31(5)12-14-32)21-8-6-7-20(15-21)16-27-10-9-26-4/h6-8,15,26-27H,9-14,16H2,1-5H3. The van der Waals surface area contributed by atoms with E-state index in [0.717, 1.165) is 91.3 Å². The molecule has 33 heavy (non-hydrogen) atoms. The van der Waals surface area contributed by atoms with Gasteiger partial charge in [-0.3, -0.25) is 0 Å². The van der Waals surface area contributed by atoms with Gasteiger partial charge in [0.05, 0.1) is 17.0 Å². The molecule has 3 aromatic rings. The van der Waals surface area contributed by atoms with Crippen molar-refractivity contribution < 1.29 is 4.52 Å². The lowest BCUT2D eigenvalue weighted by molar-refractivity contribution is 0.312. The van der Waals surface area contributed by atoms with Crippen LogP contribution in [0.25, 0.3) is 22.6 Å². The number of piperazine rings is 1. The Morgan fingerprint density at radius 2 is 1.82 bits per heavy atom. The van der Waals surface area contributed by atoms with E-state index in [1.54, 1.807) is 0 Å². The van der Waals surface area contributed by atoms with Crippen molar-refractivity contribution in [1.29, 1.82) is 0 Å². The maximum atomic E-state index is 5.49. The van der Waals surface area contributed by atoms with Crippen molar-refractivity contribution in [2.75, 3.05) is 58.3 Å². The summed E-state index contributed by atoms with van der Waals surface area (Å²) in [7, 11) is 4.13. The number of hydrogen-bond acceptors (Lipinski definition) is 8. The number of benzene rings is 1. The number of nitrogens with one attached hydrogen (secondary N) is 2. The molecule has 4 rings (SSSR count). The summed E-state index contributed by atoms with van der Waals surface area (Å²) in [5, 5.41) is 10.8. The van der Waals surface area contributed by atoms with Crippen LogP contribution in [0.15, 0.2) is 28.8 Å². The summed E-state index contributed by atoms with van der Waals surface area (Å²) in [6.07, 6.45) is 0. The van der Waals surface area contributed by atoms with E-state index in [1.165, 1.54) is 5.56 Å². The summed E-state index contributed by atoms with van der Waals surface area (Å²) in [4.78, 5) is 14.9. The van der Waals surface area contributed by atoms with Crippen LogP contribution in [0.4, 0.5) is 5.82 Å². The summed E-state index contributed by atoms with van der Waals surface area (Å²) in [6.45, 7) is 12.6. The van der Waals surface area contributed by atoms with Gasteiger partial charge in [-0.2, -0.15) is 0 Å². The first-order chi connectivity index (χ1) is 16.0. The highest BCUT2D eigenvalue weighted by Gasteiger charge is 2.24. The molecule has 1 saturated heterocycles. The minimum absolute atomic E-state index is 0.738. The van der Waals surface area contributed by atoms with Gasteiger partial charge in [0.1, 0.15) is 11.6 Å². The molecule has 0 saturated carbocycles. The fraction of sp³-hybridized carbons (Fsp3) is 0.480. The summed E-state index contributed by atoms with van der Waals surface area (Å²) >= 11 is 0. The average Bonchev–Trinajstić information content (AvgIpc) is 3.15. The van der Waals surface area contributed by atoms with Crippen molar-refractivity contribution in [2.24, 2.45) is 0 Å². The van der Waals surface area contributed by atoms with Crippen LogP contribution in [0.1, 0.15) is 22.6 Å². The quantitative estimate of drug-likeness (QED) is 0.508. The van der Waals surface area contributed by atoms with Crippen molar-refractivity contribution in [3.63, 3.8) is 0 Å². The predicted molar refractivity (Wildman–Crippen MR) is 133 cm³/mol. The summed E-state index contributed by atoms with van der Waals surface area (Å²) in [5.74, 6) is 2.52. The number of likely N-dealkylation sites (N-methyl/N-ethyl adjacent to an activating group) is 2. The van der Waals surface area contributed by atoms with Gasteiger partial charge in [-0.25, -0.2) is 9.97 Å². The van der Waals surface area contributed by atoms with E-state index in [2.05, 4.69) is 63.8 Å². The fourth-order valence-corrected chi connectivity index (χ4v) is 4.29. The van der Waals surface area contributed by atoms with Crippen LogP contribution in [0.5, 0.6) is 0 Å². The molecule has 0 radical (unpaired) electrons. The highest BCUT2D eigenvalue weighted by atomic mass is 16.5. The number of anilines is 1.